The number of phenols is 1. The number of benzene rings is 1. The predicted molar refractivity (Wildman–Crippen MR) is 102 cm³/mol. The summed E-state index contributed by atoms with van der Waals surface area (Å²) in [6, 6.07) is 8.72. The number of aromatic nitrogens is 6. The van der Waals surface area contributed by atoms with Crippen molar-refractivity contribution in [1.29, 1.82) is 0 Å². The van der Waals surface area contributed by atoms with Crippen LogP contribution >= 0.6 is 0 Å². The maximum Gasteiger partial charge on any atom is 0.226 e. The van der Waals surface area contributed by atoms with Gasteiger partial charge in [-0.2, -0.15) is 14.3 Å². The van der Waals surface area contributed by atoms with Gasteiger partial charge in [0.2, 0.25) is 5.91 Å². The van der Waals surface area contributed by atoms with Crippen LogP contribution in [0.2, 0.25) is 0 Å². The number of fused-ring (bicyclic) bond motifs is 2. The minimum atomic E-state index is -0.247. The van der Waals surface area contributed by atoms with E-state index in [1.54, 1.807) is 33.5 Å². The summed E-state index contributed by atoms with van der Waals surface area (Å²) in [5.74, 6) is 1.13. The van der Waals surface area contributed by atoms with Gasteiger partial charge in [-0.05, 0) is 36.8 Å². The molecule has 29 heavy (non-hydrogen) atoms. The molecule has 0 radical (unpaired) electrons. The predicted octanol–water partition coefficient (Wildman–Crippen LogP) is 1.81. The van der Waals surface area contributed by atoms with Gasteiger partial charge >= 0.3 is 0 Å². The second-order valence-electron chi connectivity index (χ2n) is 6.82. The lowest BCUT2D eigenvalue weighted by atomic mass is 9.85. The third-order valence-electron chi connectivity index (χ3n) is 5.07. The molecule has 146 valence electrons. The highest BCUT2D eigenvalue weighted by atomic mass is 16.5. The van der Waals surface area contributed by atoms with E-state index in [4.69, 9.17) is 4.74 Å². The smallest absolute Gasteiger partial charge is 0.226 e. The van der Waals surface area contributed by atoms with E-state index in [1.807, 2.05) is 13.0 Å². The molecule has 4 heterocycles. The van der Waals surface area contributed by atoms with Crippen molar-refractivity contribution < 1.29 is 14.6 Å². The number of aryl methyl sites for hydroxylation is 1. The lowest BCUT2D eigenvalue weighted by Gasteiger charge is -2.24. The Bertz CT molecular complexity index is 1260. The normalized spacial score (nSPS) is 15.9. The molecule has 0 fully saturated rings. The number of phenolic OH excluding ortho intramolecular Hbond substituents is 1. The van der Waals surface area contributed by atoms with Crippen LogP contribution in [0.15, 0.2) is 36.7 Å². The van der Waals surface area contributed by atoms with E-state index in [1.165, 1.54) is 13.4 Å². The Morgan fingerprint density at radius 2 is 2.10 bits per heavy atom. The van der Waals surface area contributed by atoms with Crippen LogP contribution in [0.25, 0.3) is 11.5 Å². The van der Waals surface area contributed by atoms with Gasteiger partial charge in [-0.25, -0.2) is 0 Å². The molecule has 1 aromatic carbocycles. The van der Waals surface area contributed by atoms with Crippen LogP contribution in [0.4, 0.5) is 5.82 Å². The average Bonchev–Trinajstić information content (AvgIpc) is 3.31. The molecule has 0 saturated carbocycles. The van der Waals surface area contributed by atoms with E-state index in [2.05, 4.69) is 25.7 Å². The lowest BCUT2D eigenvalue weighted by Crippen LogP contribution is -2.25. The van der Waals surface area contributed by atoms with Gasteiger partial charge in [-0.15, -0.1) is 15.3 Å². The fourth-order valence-electron chi connectivity index (χ4n) is 3.75. The maximum absolute atomic E-state index is 12.5. The van der Waals surface area contributed by atoms with E-state index in [0.29, 0.717) is 23.0 Å². The number of carbonyl (C=O) groups is 1. The number of hydrogen-bond acceptors (Lipinski definition) is 7. The zero-order valence-corrected chi connectivity index (χ0v) is 15.7. The van der Waals surface area contributed by atoms with Crippen molar-refractivity contribution in [3.8, 4) is 17.3 Å². The summed E-state index contributed by atoms with van der Waals surface area (Å²) in [5.41, 5.74) is 3.08. The molecule has 0 saturated heterocycles. The van der Waals surface area contributed by atoms with E-state index in [0.717, 1.165) is 16.8 Å². The molecule has 4 aromatic rings. The molecule has 1 atom stereocenters. The standard InChI is InChI=1S/C19H17N7O3/c1-10-18-12(11-3-4-14(29-2)13(27)7-11)8-17(28)21-19(18)26(23-10)16-6-5-15-22-20-9-25(15)24-16/h3-7,9,12,27H,8H2,1-2H3,(H,21,28)/t12-/m0/s1. The van der Waals surface area contributed by atoms with E-state index in [9.17, 15) is 9.90 Å². The zero-order chi connectivity index (χ0) is 20.1. The molecule has 0 unspecified atom stereocenters. The first-order chi connectivity index (χ1) is 14.0. The highest BCUT2D eigenvalue weighted by molar-refractivity contribution is 5.95. The van der Waals surface area contributed by atoms with Crippen LogP contribution in [0, 0.1) is 6.92 Å². The first-order valence-electron chi connectivity index (χ1n) is 8.99. The Kier molecular flexibility index (Phi) is 3.73. The van der Waals surface area contributed by atoms with Crippen LogP contribution in [-0.2, 0) is 4.79 Å². The van der Waals surface area contributed by atoms with Crippen LogP contribution in [0.3, 0.4) is 0 Å². The Morgan fingerprint density at radius 1 is 1.24 bits per heavy atom. The zero-order valence-electron chi connectivity index (χ0n) is 15.7. The van der Waals surface area contributed by atoms with Crippen LogP contribution in [-0.4, -0.2) is 47.7 Å². The summed E-state index contributed by atoms with van der Waals surface area (Å²) < 4.78 is 8.28. The van der Waals surface area contributed by atoms with Gasteiger partial charge in [-0.3, -0.25) is 4.79 Å². The summed E-state index contributed by atoms with van der Waals surface area (Å²) in [6.07, 6.45) is 1.76. The van der Waals surface area contributed by atoms with Crippen LogP contribution in [0.1, 0.15) is 29.2 Å². The van der Waals surface area contributed by atoms with Crippen molar-refractivity contribution in [2.75, 3.05) is 12.4 Å². The van der Waals surface area contributed by atoms with Crippen molar-refractivity contribution in [2.24, 2.45) is 0 Å². The van der Waals surface area contributed by atoms with Crippen molar-refractivity contribution in [2.45, 2.75) is 19.3 Å². The summed E-state index contributed by atoms with van der Waals surface area (Å²) in [5, 5.41) is 30.0. The number of ether oxygens (including phenoxy) is 1. The third kappa shape index (κ3) is 2.68. The number of anilines is 1. The molecule has 1 amide bonds. The Labute approximate surface area is 164 Å². The number of aromatic hydroxyl groups is 1. The molecule has 5 rings (SSSR count). The molecular weight excluding hydrogens is 374 g/mol. The van der Waals surface area contributed by atoms with Gasteiger partial charge in [0.1, 0.15) is 12.1 Å². The fraction of sp³-hybridized carbons (Fsp3) is 0.211. The molecule has 0 spiro atoms. The molecule has 0 bridgehead atoms. The average molecular weight is 391 g/mol. The molecule has 1 aliphatic heterocycles. The monoisotopic (exact) mass is 391 g/mol. The highest BCUT2D eigenvalue weighted by Gasteiger charge is 2.33. The highest BCUT2D eigenvalue weighted by Crippen LogP contribution is 2.42. The van der Waals surface area contributed by atoms with E-state index >= 15 is 0 Å². The van der Waals surface area contributed by atoms with Crippen LogP contribution in [0.5, 0.6) is 11.5 Å². The number of amides is 1. The number of methoxy groups -OCH3 is 1. The van der Waals surface area contributed by atoms with Crippen molar-refractivity contribution in [3.63, 3.8) is 0 Å². The lowest BCUT2D eigenvalue weighted by molar-refractivity contribution is -0.116. The fourth-order valence-corrected chi connectivity index (χ4v) is 3.75. The van der Waals surface area contributed by atoms with Crippen molar-refractivity contribution in [1.82, 2.24) is 29.6 Å². The van der Waals surface area contributed by atoms with E-state index < -0.39 is 0 Å². The van der Waals surface area contributed by atoms with Crippen molar-refractivity contribution >= 4 is 17.4 Å². The Balaban J connectivity index is 1.65. The molecule has 0 aliphatic carbocycles. The van der Waals surface area contributed by atoms with Gasteiger partial charge in [-0.1, -0.05) is 6.07 Å². The number of nitrogens with zero attached hydrogens (tertiary/aromatic N) is 6. The second-order valence-corrected chi connectivity index (χ2v) is 6.82. The quantitative estimate of drug-likeness (QED) is 0.546. The molecule has 3 aromatic heterocycles. The third-order valence-corrected chi connectivity index (χ3v) is 5.07. The molecular formula is C19H17N7O3. The Hall–Kier alpha value is -3.95. The molecule has 10 nitrogen and oxygen atoms in total. The summed E-state index contributed by atoms with van der Waals surface area (Å²) in [4.78, 5) is 12.5. The van der Waals surface area contributed by atoms with Gasteiger partial charge in [0.05, 0.1) is 12.8 Å². The Morgan fingerprint density at radius 3 is 2.90 bits per heavy atom. The van der Waals surface area contributed by atoms with Gasteiger partial charge in [0.15, 0.2) is 23.0 Å². The first-order valence-corrected chi connectivity index (χ1v) is 8.99. The molecule has 1 aliphatic rings. The van der Waals surface area contributed by atoms with Gasteiger partial charge in [0.25, 0.3) is 0 Å². The number of hydrogen-bond donors (Lipinski definition) is 2. The largest absolute Gasteiger partial charge is 0.504 e. The number of carbonyl (C=O) groups excluding carboxylic acids is 1. The number of rotatable bonds is 3. The van der Waals surface area contributed by atoms with Crippen molar-refractivity contribution in [3.05, 3.63) is 53.5 Å². The molecule has 10 heteroatoms. The second kappa shape index (κ2) is 6.30. The first kappa shape index (κ1) is 17.2. The SMILES string of the molecule is COc1ccc([C@@H]2CC(=O)Nc3c2c(C)nn3-c2ccc3nncn3n2)cc1O. The minimum Gasteiger partial charge on any atom is -0.504 e. The molecule has 2 N–H and O–H groups in total. The summed E-state index contributed by atoms with van der Waals surface area (Å²) in [6.45, 7) is 1.89. The van der Waals surface area contributed by atoms with Gasteiger partial charge < -0.3 is 15.2 Å². The van der Waals surface area contributed by atoms with Crippen LogP contribution < -0.4 is 10.1 Å². The van der Waals surface area contributed by atoms with E-state index in [-0.39, 0.29) is 24.0 Å². The summed E-state index contributed by atoms with van der Waals surface area (Å²) in [7, 11) is 1.49. The van der Waals surface area contributed by atoms with Gasteiger partial charge in [0, 0.05) is 17.9 Å². The minimum absolute atomic E-state index is 0.0299. The maximum atomic E-state index is 12.5. The summed E-state index contributed by atoms with van der Waals surface area (Å²) >= 11 is 0. The number of nitrogens with one attached hydrogen (secondary N) is 1. The topological polar surface area (TPSA) is 119 Å².